The number of nitrogen functional groups attached to an aromatic ring is 1. The lowest BCUT2D eigenvalue weighted by Gasteiger charge is -1.97. The quantitative estimate of drug-likeness (QED) is 0.468. The zero-order valence-electron chi connectivity index (χ0n) is 5.75. The van der Waals surface area contributed by atoms with Crippen molar-refractivity contribution >= 4 is 27.3 Å². The largest absolute Gasteiger partial charge is 0.399 e. The Morgan fingerprint density at radius 1 is 1.45 bits per heavy atom. The van der Waals surface area contributed by atoms with Crippen LogP contribution in [0.2, 0.25) is 0 Å². The fourth-order valence-corrected chi connectivity index (χ4v) is 1.15. The first-order valence-electron chi connectivity index (χ1n) is 3.05. The Morgan fingerprint density at radius 2 is 2.18 bits per heavy atom. The van der Waals surface area contributed by atoms with Crippen LogP contribution in [0.25, 0.3) is 0 Å². The van der Waals surface area contributed by atoms with E-state index in [1.165, 1.54) is 0 Å². The first-order chi connectivity index (χ1) is 5.26. The predicted octanol–water partition coefficient (Wildman–Crippen LogP) is 2.56. The third-order valence-corrected chi connectivity index (χ3v) is 1.91. The number of nitrogens with two attached hydrogens (primary N) is 1. The van der Waals surface area contributed by atoms with Crippen molar-refractivity contribution in [3.05, 3.63) is 28.7 Å². The van der Waals surface area contributed by atoms with Gasteiger partial charge in [-0.25, -0.2) is 0 Å². The van der Waals surface area contributed by atoms with Gasteiger partial charge in [0.2, 0.25) is 0 Å². The zero-order valence-corrected chi connectivity index (χ0v) is 7.34. The van der Waals surface area contributed by atoms with Gasteiger partial charge in [0.25, 0.3) is 0 Å². The highest BCUT2D eigenvalue weighted by atomic mass is 79.9. The summed E-state index contributed by atoms with van der Waals surface area (Å²) in [5.74, 6) is 0. The highest BCUT2D eigenvalue weighted by molar-refractivity contribution is 9.08. The van der Waals surface area contributed by atoms with Gasteiger partial charge < -0.3 is 5.73 Å². The Bertz CT molecular complexity index is 275. The molecule has 0 fully saturated rings. The Balaban J connectivity index is 3.11. The minimum absolute atomic E-state index is 0.374. The van der Waals surface area contributed by atoms with Crippen LogP contribution in [0, 0.1) is 4.91 Å². The van der Waals surface area contributed by atoms with Gasteiger partial charge in [0.15, 0.2) is 0 Å². The topological polar surface area (TPSA) is 55.4 Å². The molecule has 0 bridgehead atoms. The van der Waals surface area contributed by atoms with Crippen molar-refractivity contribution in [1.82, 2.24) is 0 Å². The third-order valence-electron chi connectivity index (χ3n) is 1.26. The van der Waals surface area contributed by atoms with Gasteiger partial charge in [-0.1, -0.05) is 15.9 Å². The van der Waals surface area contributed by atoms with Crippen LogP contribution >= 0.6 is 15.9 Å². The number of alkyl halides is 1. The number of halogens is 1. The molecule has 0 heterocycles. The molecule has 0 spiro atoms. The Labute approximate surface area is 72.7 Å². The van der Waals surface area contributed by atoms with Crippen LogP contribution in [0.4, 0.5) is 11.4 Å². The van der Waals surface area contributed by atoms with Crippen molar-refractivity contribution in [1.29, 1.82) is 0 Å². The molecule has 11 heavy (non-hydrogen) atoms. The summed E-state index contributed by atoms with van der Waals surface area (Å²) >= 11 is 3.26. The highest BCUT2D eigenvalue weighted by Crippen LogP contribution is 2.20. The molecule has 0 saturated carbocycles. The standard InChI is InChI=1S/C7H7BrN2O/c8-4-5-1-6(9)3-7(2-5)10-11/h1-3H,4,9H2. The second-order valence-electron chi connectivity index (χ2n) is 2.16. The van der Waals surface area contributed by atoms with Crippen molar-refractivity contribution < 1.29 is 0 Å². The van der Waals surface area contributed by atoms with Crippen molar-refractivity contribution in [2.24, 2.45) is 5.18 Å². The van der Waals surface area contributed by atoms with E-state index in [1.807, 2.05) is 0 Å². The molecule has 0 aliphatic heterocycles. The molecule has 0 saturated heterocycles. The van der Waals surface area contributed by atoms with Crippen LogP contribution in [0.1, 0.15) is 5.56 Å². The maximum Gasteiger partial charge on any atom is 0.110 e. The molecule has 0 amide bonds. The first kappa shape index (κ1) is 8.20. The van der Waals surface area contributed by atoms with E-state index in [-0.39, 0.29) is 0 Å². The summed E-state index contributed by atoms with van der Waals surface area (Å²) in [6.45, 7) is 0. The second-order valence-corrected chi connectivity index (χ2v) is 2.72. The van der Waals surface area contributed by atoms with E-state index in [9.17, 15) is 4.91 Å². The first-order valence-corrected chi connectivity index (χ1v) is 4.17. The normalized spacial score (nSPS) is 9.55. The summed E-state index contributed by atoms with van der Waals surface area (Å²) < 4.78 is 0. The average molecular weight is 215 g/mol. The molecular weight excluding hydrogens is 208 g/mol. The zero-order chi connectivity index (χ0) is 8.27. The van der Waals surface area contributed by atoms with Crippen molar-refractivity contribution in [3.63, 3.8) is 0 Å². The number of anilines is 1. The summed E-state index contributed by atoms with van der Waals surface area (Å²) in [5, 5.41) is 3.47. The Kier molecular flexibility index (Phi) is 2.59. The van der Waals surface area contributed by atoms with E-state index >= 15 is 0 Å². The molecule has 3 nitrogen and oxygen atoms in total. The van der Waals surface area contributed by atoms with Gasteiger partial charge >= 0.3 is 0 Å². The molecule has 0 aromatic heterocycles. The van der Waals surface area contributed by atoms with Crippen molar-refractivity contribution in [2.45, 2.75) is 5.33 Å². The fraction of sp³-hybridized carbons (Fsp3) is 0.143. The third kappa shape index (κ3) is 2.01. The summed E-state index contributed by atoms with van der Waals surface area (Å²) in [7, 11) is 0. The maximum atomic E-state index is 10.1. The summed E-state index contributed by atoms with van der Waals surface area (Å²) in [4.78, 5) is 10.1. The smallest absolute Gasteiger partial charge is 0.110 e. The lowest BCUT2D eigenvalue weighted by molar-refractivity contribution is 1.40. The number of hydrogen-bond donors (Lipinski definition) is 1. The van der Waals surface area contributed by atoms with Gasteiger partial charge in [0, 0.05) is 11.0 Å². The summed E-state index contributed by atoms with van der Waals surface area (Å²) in [6, 6.07) is 5.03. The molecule has 0 unspecified atom stereocenters. The van der Waals surface area contributed by atoms with Gasteiger partial charge in [0.05, 0.1) is 0 Å². The summed E-state index contributed by atoms with van der Waals surface area (Å²) in [6.07, 6.45) is 0. The van der Waals surface area contributed by atoms with E-state index in [2.05, 4.69) is 21.1 Å². The molecule has 2 N–H and O–H groups in total. The number of nitroso groups, excluding NO2 is 1. The number of rotatable bonds is 2. The minimum atomic E-state index is 0.374. The van der Waals surface area contributed by atoms with E-state index in [1.54, 1.807) is 18.2 Å². The van der Waals surface area contributed by atoms with Crippen LogP contribution in [-0.2, 0) is 5.33 Å². The number of nitrogens with zero attached hydrogens (tertiary/aromatic N) is 1. The molecule has 1 rings (SSSR count). The molecule has 4 heteroatoms. The highest BCUT2D eigenvalue weighted by Gasteiger charge is 1.96. The van der Waals surface area contributed by atoms with Crippen LogP contribution in [0.15, 0.2) is 23.4 Å². The molecule has 0 atom stereocenters. The molecule has 1 aromatic rings. The predicted molar refractivity (Wildman–Crippen MR) is 48.9 cm³/mol. The van der Waals surface area contributed by atoms with Gasteiger partial charge in [-0.2, -0.15) is 0 Å². The lowest BCUT2D eigenvalue weighted by Crippen LogP contribution is -1.85. The van der Waals surface area contributed by atoms with Crippen LogP contribution < -0.4 is 5.73 Å². The minimum Gasteiger partial charge on any atom is -0.399 e. The lowest BCUT2D eigenvalue weighted by atomic mass is 10.2. The van der Waals surface area contributed by atoms with Crippen LogP contribution in [-0.4, -0.2) is 0 Å². The molecule has 0 aliphatic rings. The molecule has 58 valence electrons. The Hall–Kier alpha value is -0.900. The van der Waals surface area contributed by atoms with E-state index in [0.717, 1.165) is 5.56 Å². The maximum absolute atomic E-state index is 10.1. The van der Waals surface area contributed by atoms with Gasteiger partial charge in [0.1, 0.15) is 5.69 Å². The fourth-order valence-electron chi connectivity index (χ4n) is 0.830. The SMILES string of the molecule is Nc1cc(CBr)cc(N=O)c1. The number of benzene rings is 1. The van der Waals surface area contributed by atoms with Crippen LogP contribution in [0.5, 0.6) is 0 Å². The van der Waals surface area contributed by atoms with Gasteiger partial charge in [-0.15, -0.1) is 4.91 Å². The average Bonchev–Trinajstić information content (AvgIpc) is 2.03. The molecule has 1 aromatic carbocycles. The summed E-state index contributed by atoms with van der Waals surface area (Å²) in [5.41, 5.74) is 7.39. The number of hydrogen-bond acceptors (Lipinski definition) is 3. The van der Waals surface area contributed by atoms with Crippen LogP contribution in [0.3, 0.4) is 0 Å². The molecule has 0 radical (unpaired) electrons. The van der Waals surface area contributed by atoms with Crippen molar-refractivity contribution in [3.8, 4) is 0 Å². The van der Waals surface area contributed by atoms with E-state index in [0.29, 0.717) is 16.7 Å². The molecular formula is C7H7BrN2O. The molecule has 0 aliphatic carbocycles. The Morgan fingerprint density at radius 3 is 2.73 bits per heavy atom. The van der Waals surface area contributed by atoms with E-state index < -0.39 is 0 Å². The van der Waals surface area contributed by atoms with Crippen molar-refractivity contribution in [2.75, 3.05) is 5.73 Å². The van der Waals surface area contributed by atoms with Gasteiger partial charge in [-0.05, 0) is 28.9 Å². The van der Waals surface area contributed by atoms with E-state index in [4.69, 9.17) is 5.73 Å². The van der Waals surface area contributed by atoms with Gasteiger partial charge in [-0.3, -0.25) is 0 Å². The second kappa shape index (κ2) is 3.48. The monoisotopic (exact) mass is 214 g/mol.